The van der Waals surface area contributed by atoms with Crippen LogP contribution >= 0.6 is 0 Å². The molecule has 5 aromatic rings. The molecule has 0 spiro atoms. The van der Waals surface area contributed by atoms with E-state index in [1.165, 1.54) is 22.5 Å². The number of aromatic amines is 2. The van der Waals surface area contributed by atoms with Gasteiger partial charge in [0, 0.05) is 30.1 Å². The highest BCUT2D eigenvalue weighted by Gasteiger charge is 2.31. The molecule has 11 heteroatoms. The number of nitrogens with one attached hydrogen (secondary N) is 3. The van der Waals surface area contributed by atoms with E-state index >= 15 is 0 Å². The zero-order valence-electron chi connectivity index (χ0n) is 19.6. The number of amides is 1. The molecule has 3 heterocycles. The molecule has 0 aliphatic carbocycles. The van der Waals surface area contributed by atoms with Crippen molar-refractivity contribution in [1.29, 1.82) is 0 Å². The Labute approximate surface area is 211 Å². The molecule has 1 amide bonds. The molecule has 188 valence electrons. The summed E-state index contributed by atoms with van der Waals surface area (Å²) in [6.45, 7) is 0.426. The quantitative estimate of drug-likeness (QED) is 0.326. The largest absolute Gasteiger partial charge is 0.348 e. The van der Waals surface area contributed by atoms with Crippen LogP contribution in [0.25, 0.3) is 33.5 Å². The van der Waals surface area contributed by atoms with Crippen molar-refractivity contribution in [2.24, 2.45) is 0 Å². The topological polar surface area (TPSA) is 124 Å². The SMILES string of the molecule is O=C(NC1CCCN(S(=O)(=O)c2cccc(F)c2)C1)c1ccc2[nH]nc(-c3nc4ccccc4[nH]3)c2c1. The number of para-hydroxylation sites is 2. The van der Waals surface area contributed by atoms with Gasteiger partial charge in [0.1, 0.15) is 11.5 Å². The lowest BCUT2D eigenvalue weighted by molar-refractivity contribution is 0.0921. The van der Waals surface area contributed by atoms with E-state index in [0.717, 1.165) is 28.0 Å². The number of rotatable bonds is 5. The van der Waals surface area contributed by atoms with Gasteiger partial charge in [0.25, 0.3) is 5.91 Å². The molecule has 37 heavy (non-hydrogen) atoms. The van der Waals surface area contributed by atoms with Crippen LogP contribution in [0.4, 0.5) is 4.39 Å². The van der Waals surface area contributed by atoms with Crippen molar-refractivity contribution in [3.8, 4) is 11.5 Å². The van der Waals surface area contributed by atoms with E-state index in [9.17, 15) is 17.6 Å². The number of sulfonamides is 1. The van der Waals surface area contributed by atoms with Gasteiger partial charge < -0.3 is 10.3 Å². The molecule has 0 bridgehead atoms. The molecule has 3 aromatic carbocycles. The maximum Gasteiger partial charge on any atom is 0.251 e. The summed E-state index contributed by atoms with van der Waals surface area (Å²) in [5.41, 5.74) is 3.49. The number of nitrogens with zero attached hydrogens (tertiary/aromatic N) is 3. The van der Waals surface area contributed by atoms with Crippen LogP contribution in [-0.4, -0.2) is 57.9 Å². The molecule has 1 unspecified atom stereocenters. The summed E-state index contributed by atoms with van der Waals surface area (Å²) in [6, 6.07) is 17.5. The highest BCUT2D eigenvalue weighted by molar-refractivity contribution is 7.89. The summed E-state index contributed by atoms with van der Waals surface area (Å²) < 4.78 is 41.0. The van der Waals surface area contributed by atoms with Gasteiger partial charge in [-0.3, -0.25) is 9.89 Å². The van der Waals surface area contributed by atoms with Crippen molar-refractivity contribution in [3.63, 3.8) is 0 Å². The summed E-state index contributed by atoms with van der Waals surface area (Å²) in [6.07, 6.45) is 1.22. The monoisotopic (exact) mass is 518 g/mol. The number of H-pyrrole nitrogens is 2. The summed E-state index contributed by atoms with van der Waals surface area (Å²) >= 11 is 0. The Bertz CT molecular complexity index is 1710. The summed E-state index contributed by atoms with van der Waals surface area (Å²) in [7, 11) is -3.87. The van der Waals surface area contributed by atoms with Crippen molar-refractivity contribution < 1.29 is 17.6 Å². The first-order valence-corrected chi connectivity index (χ1v) is 13.3. The Morgan fingerprint density at radius 2 is 1.92 bits per heavy atom. The maximum atomic E-state index is 13.6. The van der Waals surface area contributed by atoms with Crippen LogP contribution in [0.5, 0.6) is 0 Å². The highest BCUT2D eigenvalue weighted by Crippen LogP contribution is 2.27. The zero-order chi connectivity index (χ0) is 25.6. The molecule has 0 radical (unpaired) electrons. The Hall–Kier alpha value is -4.09. The van der Waals surface area contributed by atoms with Crippen LogP contribution in [0.2, 0.25) is 0 Å². The van der Waals surface area contributed by atoms with Crippen LogP contribution in [-0.2, 0) is 10.0 Å². The Balaban J connectivity index is 1.22. The van der Waals surface area contributed by atoms with E-state index in [4.69, 9.17) is 0 Å². The van der Waals surface area contributed by atoms with Crippen molar-refractivity contribution in [2.45, 2.75) is 23.8 Å². The first kappa shape index (κ1) is 23.3. The van der Waals surface area contributed by atoms with Gasteiger partial charge in [-0.2, -0.15) is 9.40 Å². The molecule has 1 atom stereocenters. The number of aromatic nitrogens is 4. The van der Waals surface area contributed by atoms with Crippen molar-refractivity contribution >= 4 is 37.9 Å². The highest BCUT2D eigenvalue weighted by atomic mass is 32.2. The third-order valence-corrected chi connectivity index (χ3v) is 8.45. The second kappa shape index (κ2) is 9.09. The van der Waals surface area contributed by atoms with Crippen LogP contribution in [0, 0.1) is 5.82 Å². The predicted molar refractivity (Wildman–Crippen MR) is 137 cm³/mol. The first-order valence-electron chi connectivity index (χ1n) is 11.9. The number of fused-ring (bicyclic) bond motifs is 2. The predicted octanol–water partition coefficient (Wildman–Crippen LogP) is 3.83. The van der Waals surface area contributed by atoms with Gasteiger partial charge in [0.05, 0.1) is 21.4 Å². The molecule has 2 aromatic heterocycles. The van der Waals surface area contributed by atoms with E-state index in [1.807, 2.05) is 24.3 Å². The fraction of sp³-hybridized carbons (Fsp3) is 0.192. The number of benzene rings is 3. The minimum atomic E-state index is -3.87. The van der Waals surface area contributed by atoms with E-state index in [2.05, 4.69) is 25.5 Å². The third-order valence-electron chi connectivity index (χ3n) is 6.59. The Kier molecular flexibility index (Phi) is 5.73. The van der Waals surface area contributed by atoms with Crippen molar-refractivity contribution in [1.82, 2.24) is 29.8 Å². The number of imidazole rings is 1. The van der Waals surface area contributed by atoms with E-state index in [0.29, 0.717) is 36.5 Å². The van der Waals surface area contributed by atoms with Crippen LogP contribution in [0.3, 0.4) is 0 Å². The second-order valence-corrected chi connectivity index (χ2v) is 11.0. The number of carbonyl (C=O) groups is 1. The smallest absolute Gasteiger partial charge is 0.251 e. The molecular formula is C26H23FN6O3S. The molecular weight excluding hydrogens is 495 g/mol. The molecule has 6 rings (SSSR count). The van der Waals surface area contributed by atoms with Crippen LogP contribution in [0.15, 0.2) is 71.6 Å². The van der Waals surface area contributed by atoms with Crippen molar-refractivity contribution in [2.75, 3.05) is 13.1 Å². The second-order valence-electron chi connectivity index (χ2n) is 9.07. The lowest BCUT2D eigenvalue weighted by Gasteiger charge is -2.32. The van der Waals surface area contributed by atoms with Gasteiger partial charge in [0.2, 0.25) is 10.0 Å². The summed E-state index contributed by atoms with van der Waals surface area (Å²) in [5, 5.41) is 11.1. The molecule has 3 N–H and O–H groups in total. The molecule has 9 nitrogen and oxygen atoms in total. The standard InChI is InChI=1S/C26H23FN6O3S/c27-17-5-3-7-19(14-17)37(35,36)33-12-4-6-18(15-33)28-26(34)16-10-11-21-20(13-16)24(32-31-21)25-29-22-8-1-2-9-23(22)30-25/h1-3,5,7-11,13-14,18H,4,6,12,15H2,(H,28,34)(H,29,30)(H,31,32). The first-order chi connectivity index (χ1) is 17.9. The Morgan fingerprint density at radius 1 is 1.05 bits per heavy atom. The number of piperidine rings is 1. The van der Waals surface area contributed by atoms with Gasteiger partial charge in [-0.15, -0.1) is 0 Å². The minimum absolute atomic E-state index is 0.0944. The molecule has 1 aliphatic heterocycles. The average Bonchev–Trinajstić information content (AvgIpc) is 3.52. The van der Waals surface area contributed by atoms with E-state index in [1.54, 1.807) is 18.2 Å². The lowest BCUT2D eigenvalue weighted by Crippen LogP contribution is -2.49. The average molecular weight is 519 g/mol. The van der Waals surface area contributed by atoms with E-state index < -0.39 is 15.8 Å². The number of hydrogen-bond donors (Lipinski definition) is 3. The normalized spacial score (nSPS) is 16.8. The molecule has 1 saturated heterocycles. The lowest BCUT2D eigenvalue weighted by atomic mass is 10.1. The number of carbonyl (C=O) groups excluding carboxylic acids is 1. The van der Waals surface area contributed by atoms with Gasteiger partial charge in [-0.1, -0.05) is 18.2 Å². The van der Waals surface area contributed by atoms with Gasteiger partial charge >= 0.3 is 0 Å². The summed E-state index contributed by atoms with van der Waals surface area (Å²) in [4.78, 5) is 20.9. The molecule has 1 aliphatic rings. The fourth-order valence-electron chi connectivity index (χ4n) is 4.72. The Morgan fingerprint density at radius 3 is 2.76 bits per heavy atom. The number of hydrogen-bond acceptors (Lipinski definition) is 5. The maximum absolute atomic E-state index is 13.6. The zero-order valence-corrected chi connectivity index (χ0v) is 20.4. The van der Waals surface area contributed by atoms with Gasteiger partial charge in [0.15, 0.2) is 5.82 Å². The molecule has 1 fully saturated rings. The molecule has 0 saturated carbocycles. The fourth-order valence-corrected chi connectivity index (χ4v) is 6.28. The van der Waals surface area contributed by atoms with Crippen LogP contribution < -0.4 is 5.32 Å². The third kappa shape index (κ3) is 4.36. The van der Waals surface area contributed by atoms with Gasteiger partial charge in [-0.25, -0.2) is 17.8 Å². The van der Waals surface area contributed by atoms with Crippen molar-refractivity contribution in [3.05, 3.63) is 78.1 Å². The summed E-state index contributed by atoms with van der Waals surface area (Å²) in [5.74, 6) is -0.330. The number of halogens is 1. The van der Waals surface area contributed by atoms with Crippen LogP contribution in [0.1, 0.15) is 23.2 Å². The van der Waals surface area contributed by atoms with E-state index in [-0.39, 0.29) is 23.4 Å². The van der Waals surface area contributed by atoms with Gasteiger partial charge in [-0.05, 0) is 61.4 Å². The minimum Gasteiger partial charge on any atom is -0.348 e.